The number of benzene rings is 2. The lowest BCUT2D eigenvalue weighted by atomic mass is 10.1. The Labute approximate surface area is 158 Å². The predicted molar refractivity (Wildman–Crippen MR) is 96.4 cm³/mol. The molecule has 5 nitrogen and oxygen atoms in total. The van der Waals surface area contributed by atoms with Gasteiger partial charge in [-0.1, -0.05) is 34.1 Å². The summed E-state index contributed by atoms with van der Waals surface area (Å²) in [5, 5.41) is 0. The number of likely N-dealkylation sites (tertiary alicyclic amines) is 1. The molecule has 1 amide bonds. The molecule has 26 heavy (non-hydrogen) atoms. The van der Waals surface area contributed by atoms with Gasteiger partial charge in [0, 0.05) is 16.5 Å². The van der Waals surface area contributed by atoms with Crippen molar-refractivity contribution in [1.82, 2.24) is 4.90 Å². The van der Waals surface area contributed by atoms with E-state index in [4.69, 9.17) is 9.47 Å². The summed E-state index contributed by atoms with van der Waals surface area (Å²) in [5.74, 6) is -1.22. The van der Waals surface area contributed by atoms with Gasteiger partial charge in [0.25, 0.3) is 5.91 Å². The second-order valence-corrected chi connectivity index (χ2v) is 6.83. The molecule has 0 aromatic heterocycles. The lowest BCUT2D eigenvalue weighted by Crippen LogP contribution is -2.41. The van der Waals surface area contributed by atoms with E-state index in [0.29, 0.717) is 5.56 Å². The first-order chi connectivity index (χ1) is 12.5. The molecule has 1 aliphatic heterocycles. The first kappa shape index (κ1) is 18.4. The van der Waals surface area contributed by atoms with Crippen LogP contribution >= 0.6 is 15.9 Å². The molecule has 0 N–H and O–H groups in total. The van der Waals surface area contributed by atoms with E-state index < -0.39 is 23.9 Å². The van der Waals surface area contributed by atoms with Crippen LogP contribution in [0, 0.1) is 5.82 Å². The fourth-order valence-electron chi connectivity index (χ4n) is 2.97. The summed E-state index contributed by atoms with van der Waals surface area (Å²) >= 11 is 3.33. The highest BCUT2D eigenvalue weighted by Gasteiger charge is 2.42. The molecule has 2 atom stereocenters. The number of rotatable bonds is 4. The highest BCUT2D eigenvalue weighted by molar-refractivity contribution is 9.10. The number of amides is 1. The molecule has 1 fully saturated rings. The number of nitrogens with zero attached hydrogens (tertiary/aromatic N) is 1. The van der Waals surface area contributed by atoms with Gasteiger partial charge in [0.15, 0.2) is 11.6 Å². The Kier molecular flexibility index (Phi) is 5.56. The minimum absolute atomic E-state index is 0.0953. The number of esters is 1. The largest absolute Gasteiger partial charge is 0.485 e. The molecule has 2 aromatic rings. The fraction of sp³-hybridized carbons (Fsp3) is 0.263. The Morgan fingerprint density at radius 2 is 1.96 bits per heavy atom. The smallest absolute Gasteiger partial charge is 0.328 e. The third kappa shape index (κ3) is 3.88. The second kappa shape index (κ2) is 7.86. The van der Waals surface area contributed by atoms with Crippen molar-refractivity contribution in [3.63, 3.8) is 0 Å². The van der Waals surface area contributed by atoms with E-state index in [1.807, 2.05) is 6.07 Å². The molecular weight excluding hydrogens is 405 g/mol. The molecule has 1 saturated heterocycles. The maximum Gasteiger partial charge on any atom is 0.328 e. The number of carbonyl (C=O) groups excluding carboxylic acids is 2. The van der Waals surface area contributed by atoms with Crippen LogP contribution < -0.4 is 4.74 Å². The van der Waals surface area contributed by atoms with Crippen molar-refractivity contribution in [2.45, 2.75) is 18.6 Å². The minimum atomic E-state index is -0.775. The summed E-state index contributed by atoms with van der Waals surface area (Å²) in [4.78, 5) is 26.4. The molecule has 3 rings (SSSR count). The van der Waals surface area contributed by atoms with Crippen LogP contribution in [0.2, 0.25) is 0 Å². The molecule has 1 aliphatic rings. The first-order valence-corrected chi connectivity index (χ1v) is 8.84. The van der Waals surface area contributed by atoms with Crippen LogP contribution in [0.3, 0.4) is 0 Å². The summed E-state index contributed by atoms with van der Waals surface area (Å²) in [6, 6.07) is 12.2. The maximum atomic E-state index is 13.8. The Morgan fingerprint density at radius 3 is 2.65 bits per heavy atom. The van der Waals surface area contributed by atoms with Crippen molar-refractivity contribution in [2.24, 2.45) is 0 Å². The molecule has 2 unspecified atom stereocenters. The Balaban J connectivity index is 1.82. The zero-order valence-corrected chi connectivity index (χ0v) is 15.6. The van der Waals surface area contributed by atoms with Crippen molar-refractivity contribution < 1.29 is 23.5 Å². The number of para-hydroxylation sites is 1. The summed E-state index contributed by atoms with van der Waals surface area (Å²) in [5.41, 5.74) is 0.444. The van der Waals surface area contributed by atoms with E-state index in [0.717, 1.165) is 4.47 Å². The van der Waals surface area contributed by atoms with Gasteiger partial charge in [-0.2, -0.15) is 0 Å². The molecule has 0 saturated carbocycles. The summed E-state index contributed by atoms with van der Waals surface area (Å²) in [6.07, 6.45) is -0.270. The average molecular weight is 422 g/mol. The van der Waals surface area contributed by atoms with Crippen LogP contribution in [0.5, 0.6) is 5.75 Å². The number of carbonyl (C=O) groups is 2. The van der Waals surface area contributed by atoms with Crippen LogP contribution in [0.4, 0.5) is 4.39 Å². The van der Waals surface area contributed by atoms with Gasteiger partial charge in [-0.15, -0.1) is 0 Å². The predicted octanol–water partition coefficient (Wildman–Crippen LogP) is 3.42. The van der Waals surface area contributed by atoms with Gasteiger partial charge in [-0.3, -0.25) is 4.79 Å². The minimum Gasteiger partial charge on any atom is -0.485 e. The van der Waals surface area contributed by atoms with Crippen LogP contribution in [-0.2, 0) is 9.53 Å². The Hall–Kier alpha value is -2.41. The third-order valence-electron chi connectivity index (χ3n) is 4.20. The number of hydrogen-bond donors (Lipinski definition) is 0. The molecule has 0 spiro atoms. The fourth-order valence-corrected chi connectivity index (χ4v) is 3.37. The second-order valence-electron chi connectivity index (χ2n) is 5.91. The monoisotopic (exact) mass is 421 g/mol. The Morgan fingerprint density at radius 1 is 1.19 bits per heavy atom. The van der Waals surface area contributed by atoms with Gasteiger partial charge in [-0.25, -0.2) is 9.18 Å². The van der Waals surface area contributed by atoms with Gasteiger partial charge in [-0.05, 0) is 30.3 Å². The zero-order chi connectivity index (χ0) is 18.7. The molecular formula is C19H17BrFNO4. The molecule has 0 radical (unpaired) electrons. The molecule has 2 aromatic carbocycles. The standard InChI is InChI=1S/C19H17BrFNO4/c1-25-19(24)16-10-14(26-17-8-3-2-7-15(17)21)11-22(16)18(23)12-5-4-6-13(20)9-12/h2-9,14,16H,10-11H2,1H3. The first-order valence-electron chi connectivity index (χ1n) is 8.05. The van der Waals surface area contributed by atoms with Crippen LogP contribution in [0.15, 0.2) is 53.0 Å². The average Bonchev–Trinajstić information content (AvgIpc) is 3.06. The molecule has 0 bridgehead atoms. The topological polar surface area (TPSA) is 55.8 Å². The number of ether oxygens (including phenoxy) is 2. The van der Waals surface area contributed by atoms with Gasteiger partial charge in [0.05, 0.1) is 13.7 Å². The molecule has 136 valence electrons. The normalized spacial score (nSPS) is 19.3. The van der Waals surface area contributed by atoms with Crippen LogP contribution in [0.1, 0.15) is 16.8 Å². The van der Waals surface area contributed by atoms with E-state index >= 15 is 0 Å². The van der Waals surface area contributed by atoms with Crippen molar-refractivity contribution in [2.75, 3.05) is 13.7 Å². The Bertz CT molecular complexity index is 829. The van der Waals surface area contributed by atoms with E-state index in [1.54, 1.807) is 30.3 Å². The number of hydrogen-bond acceptors (Lipinski definition) is 4. The van der Waals surface area contributed by atoms with Crippen molar-refractivity contribution in [3.05, 3.63) is 64.4 Å². The van der Waals surface area contributed by atoms with Crippen LogP contribution in [0.25, 0.3) is 0 Å². The summed E-state index contributed by atoms with van der Waals surface area (Å²) < 4.78 is 25.1. The molecule has 0 aliphatic carbocycles. The van der Waals surface area contributed by atoms with Gasteiger partial charge >= 0.3 is 5.97 Å². The van der Waals surface area contributed by atoms with Crippen molar-refractivity contribution >= 4 is 27.8 Å². The van der Waals surface area contributed by atoms with Gasteiger partial charge in [0.1, 0.15) is 12.1 Å². The number of methoxy groups -OCH3 is 1. The highest BCUT2D eigenvalue weighted by Crippen LogP contribution is 2.27. The van der Waals surface area contributed by atoms with Crippen LogP contribution in [-0.4, -0.2) is 42.6 Å². The zero-order valence-electron chi connectivity index (χ0n) is 14.0. The van der Waals surface area contributed by atoms with E-state index in [2.05, 4.69) is 15.9 Å². The van der Waals surface area contributed by atoms with Gasteiger partial charge in [0.2, 0.25) is 0 Å². The lowest BCUT2D eigenvalue weighted by molar-refractivity contribution is -0.145. The van der Waals surface area contributed by atoms with Crippen molar-refractivity contribution in [1.29, 1.82) is 0 Å². The SMILES string of the molecule is COC(=O)C1CC(Oc2ccccc2F)CN1C(=O)c1cccc(Br)c1. The molecule has 1 heterocycles. The van der Waals surface area contributed by atoms with E-state index in [9.17, 15) is 14.0 Å². The quantitative estimate of drug-likeness (QED) is 0.709. The number of halogens is 2. The third-order valence-corrected chi connectivity index (χ3v) is 4.69. The summed E-state index contributed by atoms with van der Waals surface area (Å²) in [6.45, 7) is 0.166. The molecule has 7 heteroatoms. The maximum absolute atomic E-state index is 13.8. The van der Waals surface area contributed by atoms with Gasteiger partial charge < -0.3 is 14.4 Å². The van der Waals surface area contributed by atoms with Crippen molar-refractivity contribution in [3.8, 4) is 5.75 Å². The van der Waals surface area contributed by atoms with E-state index in [-0.39, 0.29) is 24.6 Å². The highest BCUT2D eigenvalue weighted by atomic mass is 79.9. The lowest BCUT2D eigenvalue weighted by Gasteiger charge is -2.22. The summed E-state index contributed by atoms with van der Waals surface area (Å²) in [7, 11) is 1.27. The van der Waals surface area contributed by atoms with E-state index in [1.165, 1.54) is 24.1 Å².